The van der Waals surface area contributed by atoms with Crippen molar-refractivity contribution in [1.29, 1.82) is 0 Å². The van der Waals surface area contributed by atoms with Crippen molar-refractivity contribution in [2.45, 2.75) is 59.5 Å². The van der Waals surface area contributed by atoms with Crippen LogP contribution in [0, 0.1) is 12.8 Å². The Morgan fingerprint density at radius 1 is 1.46 bits per heavy atom. The molecule has 136 valence electrons. The monoisotopic (exact) mass is 351 g/mol. The molecular weight excluding hydrogens is 318 g/mol. The van der Waals surface area contributed by atoms with Gasteiger partial charge >= 0.3 is 0 Å². The molecule has 0 radical (unpaired) electrons. The zero-order chi connectivity index (χ0) is 17.6. The number of likely N-dealkylation sites (tertiary alicyclic amines) is 1. The highest BCUT2D eigenvalue weighted by Gasteiger charge is 2.30. The number of aryl methyl sites for hydroxylation is 1. The number of nitrogens with one attached hydrogen (secondary N) is 2. The van der Waals surface area contributed by atoms with Crippen molar-refractivity contribution in [3.63, 3.8) is 0 Å². The standard InChI is InChI=1S/C18H33N5S/c1-6-19-17(21-11-16-20-10-15(3)24-16)22-13-18(4,5)23-9-7-8-14(2)12-23/h10,14H,6-9,11-13H2,1-5H3,(H2,19,21,22). The first-order valence-electron chi connectivity index (χ1n) is 9.09. The van der Waals surface area contributed by atoms with Gasteiger partial charge < -0.3 is 10.6 Å². The predicted octanol–water partition coefficient (Wildman–Crippen LogP) is 3.02. The SMILES string of the molecule is CCNC(=NCc1ncc(C)s1)NCC(C)(C)N1CCCC(C)C1. The number of piperidine rings is 1. The summed E-state index contributed by atoms with van der Waals surface area (Å²) >= 11 is 1.71. The van der Waals surface area contributed by atoms with Crippen LogP contribution in [-0.4, -0.2) is 47.6 Å². The maximum absolute atomic E-state index is 4.68. The molecule has 1 unspecified atom stereocenters. The minimum atomic E-state index is 0.128. The lowest BCUT2D eigenvalue weighted by Gasteiger charge is -2.43. The van der Waals surface area contributed by atoms with E-state index in [1.165, 1.54) is 30.8 Å². The molecule has 0 aromatic carbocycles. The van der Waals surface area contributed by atoms with E-state index in [0.29, 0.717) is 6.54 Å². The second kappa shape index (κ2) is 8.81. The van der Waals surface area contributed by atoms with Crippen molar-refractivity contribution >= 4 is 17.3 Å². The number of rotatable bonds is 6. The summed E-state index contributed by atoms with van der Waals surface area (Å²) in [6.45, 7) is 16.0. The van der Waals surface area contributed by atoms with Crippen LogP contribution in [-0.2, 0) is 6.54 Å². The number of hydrogen-bond acceptors (Lipinski definition) is 4. The summed E-state index contributed by atoms with van der Waals surface area (Å²) in [4.78, 5) is 12.9. The molecule has 2 heterocycles. The quantitative estimate of drug-likeness (QED) is 0.611. The third-order valence-corrected chi connectivity index (χ3v) is 5.48. The highest BCUT2D eigenvalue weighted by molar-refractivity contribution is 7.11. The van der Waals surface area contributed by atoms with E-state index in [0.717, 1.165) is 30.0 Å². The molecule has 1 aromatic rings. The van der Waals surface area contributed by atoms with E-state index in [2.05, 4.69) is 60.1 Å². The second-order valence-corrected chi connectivity index (χ2v) is 8.74. The van der Waals surface area contributed by atoms with Crippen LogP contribution in [0.4, 0.5) is 0 Å². The Labute approximate surface area is 151 Å². The first-order chi connectivity index (χ1) is 11.4. The molecular formula is C18H33N5S. The van der Waals surface area contributed by atoms with Crippen molar-refractivity contribution in [2.75, 3.05) is 26.2 Å². The van der Waals surface area contributed by atoms with Gasteiger partial charge in [-0.1, -0.05) is 6.92 Å². The maximum Gasteiger partial charge on any atom is 0.191 e. The van der Waals surface area contributed by atoms with Crippen molar-refractivity contribution in [3.05, 3.63) is 16.1 Å². The number of thiazole rings is 1. The number of aromatic nitrogens is 1. The fourth-order valence-electron chi connectivity index (χ4n) is 3.11. The van der Waals surface area contributed by atoms with Gasteiger partial charge in [-0.3, -0.25) is 4.90 Å². The maximum atomic E-state index is 4.68. The molecule has 1 saturated heterocycles. The van der Waals surface area contributed by atoms with Crippen LogP contribution in [0.25, 0.3) is 0 Å². The Balaban J connectivity index is 1.91. The third kappa shape index (κ3) is 5.74. The summed E-state index contributed by atoms with van der Waals surface area (Å²) in [5.74, 6) is 1.68. The fourth-order valence-corrected chi connectivity index (χ4v) is 3.83. The molecule has 1 aliphatic rings. The van der Waals surface area contributed by atoms with Gasteiger partial charge in [-0.2, -0.15) is 0 Å². The lowest BCUT2D eigenvalue weighted by molar-refractivity contribution is 0.0739. The Morgan fingerprint density at radius 3 is 2.88 bits per heavy atom. The van der Waals surface area contributed by atoms with Crippen LogP contribution in [0.15, 0.2) is 11.2 Å². The summed E-state index contributed by atoms with van der Waals surface area (Å²) in [5, 5.41) is 7.93. The Hall–Kier alpha value is -1.14. The summed E-state index contributed by atoms with van der Waals surface area (Å²) in [7, 11) is 0. The zero-order valence-corrected chi connectivity index (χ0v) is 16.7. The van der Waals surface area contributed by atoms with Crippen LogP contribution >= 0.6 is 11.3 Å². The van der Waals surface area contributed by atoms with E-state index >= 15 is 0 Å². The third-order valence-electron chi connectivity index (χ3n) is 4.59. The van der Waals surface area contributed by atoms with Gasteiger partial charge in [0.25, 0.3) is 0 Å². The van der Waals surface area contributed by atoms with Crippen molar-refractivity contribution in [2.24, 2.45) is 10.9 Å². The van der Waals surface area contributed by atoms with E-state index in [4.69, 9.17) is 0 Å². The molecule has 0 bridgehead atoms. The van der Waals surface area contributed by atoms with Crippen LogP contribution in [0.2, 0.25) is 0 Å². The molecule has 2 N–H and O–H groups in total. The average Bonchev–Trinajstić information content (AvgIpc) is 2.95. The topological polar surface area (TPSA) is 52.6 Å². The molecule has 0 amide bonds. The average molecular weight is 352 g/mol. The summed E-state index contributed by atoms with van der Waals surface area (Å²) in [6, 6.07) is 0. The largest absolute Gasteiger partial charge is 0.357 e. The molecule has 24 heavy (non-hydrogen) atoms. The molecule has 2 rings (SSSR count). The molecule has 1 aliphatic heterocycles. The predicted molar refractivity (Wildman–Crippen MR) is 104 cm³/mol. The van der Waals surface area contributed by atoms with Gasteiger partial charge in [0.15, 0.2) is 5.96 Å². The van der Waals surface area contributed by atoms with Gasteiger partial charge in [0.2, 0.25) is 0 Å². The van der Waals surface area contributed by atoms with Crippen LogP contribution in [0.1, 0.15) is 50.4 Å². The van der Waals surface area contributed by atoms with Crippen molar-refractivity contribution < 1.29 is 0 Å². The van der Waals surface area contributed by atoms with Crippen LogP contribution < -0.4 is 10.6 Å². The number of nitrogens with zero attached hydrogens (tertiary/aromatic N) is 3. The molecule has 0 spiro atoms. The highest BCUT2D eigenvalue weighted by Crippen LogP contribution is 2.23. The number of hydrogen-bond donors (Lipinski definition) is 2. The van der Waals surface area contributed by atoms with Gasteiger partial charge in [0, 0.05) is 36.2 Å². The molecule has 0 aliphatic carbocycles. The van der Waals surface area contributed by atoms with Crippen molar-refractivity contribution in [3.8, 4) is 0 Å². The molecule has 0 saturated carbocycles. The van der Waals surface area contributed by atoms with E-state index in [9.17, 15) is 0 Å². The van der Waals surface area contributed by atoms with E-state index in [-0.39, 0.29) is 5.54 Å². The minimum Gasteiger partial charge on any atom is -0.357 e. The van der Waals surface area contributed by atoms with E-state index in [1.807, 2.05) is 6.20 Å². The van der Waals surface area contributed by atoms with Gasteiger partial charge in [-0.05, 0) is 53.0 Å². The van der Waals surface area contributed by atoms with Crippen molar-refractivity contribution in [1.82, 2.24) is 20.5 Å². The minimum absolute atomic E-state index is 0.128. The molecule has 1 atom stereocenters. The van der Waals surface area contributed by atoms with E-state index in [1.54, 1.807) is 11.3 Å². The Kier molecular flexibility index (Phi) is 7.04. The second-order valence-electron chi connectivity index (χ2n) is 7.42. The van der Waals surface area contributed by atoms with Gasteiger partial charge in [-0.15, -0.1) is 11.3 Å². The first-order valence-corrected chi connectivity index (χ1v) is 9.91. The first kappa shape index (κ1) is 19.2. The summed E-state index contributed by atoms with van der Waals surface area (Å²) in [5.41, 5.74) is 0.128. The lowest BCUT2D eigenvalue weighted by atomic mass is 9.93. The normalized spacial score (nSPS) is 20.2. The van der Waals surface area contributed by atoms with Gasteiger partial charge in [0.1, 0.15) is 5.01 Å². The Bertz CT molecular complexity index is 537. The molecule has 1 fully saturated rings. The number of aliphatic imine (C=N–C) groups is 1. The molecule has 1 aromatic heterocycles. The summed E-state index contributed by atoms with van der Waals surface area (Å²) < 4.78 is 0. The van der Waals surface area contributed by atoms with E-state index < -0.39 is 0 Å². The lowest BCUT2D eigenvalue weighted by Crippen LogP contribution is -2.55. The fraction of sp³-hybridized carbons (Fsp3) is 0.778. The number of guanidine groups is 1. The smallest absolute Gasteiger partial charge is 0.191 e. The van der Waals surface area contributed by atoms with Crippen LogP contribution in [0.3, 0.4) is 0 Å². The molecule has 5 nitrogen and oxygen atoms in total. The van der Waals surface area contributed by atoms with Gasteiger partial charge in [0.05, 0.1) is 6.54 Å². The van der Waals surface area contributed by atoms with Gasteiger partial charge in [-0.25, -0.2) is 9.98 Å². The molecule has 6 heteroatoms. The zero-order valence-electron chi connectivity index (χ0n) is 15.9. The van der Waals surface area contributed by atoms with Crippen LogP contribution in [0.5, 0.6) is 0 Å². The Morgan fingerprint density at radius 2 is 2.25 bits per heavy atom. The summed E-state index contributed by atoms with van der Waals surface area (Å²) in [6.07, 6.45) is 4.58. The highest BCUT2D eigenvalue weighted by atomic mass is 32.1.